The zero-order valence-corrected chi connectivity index (χ0v) is 7.82. The molecular weight excluding hydrogens is 172 g/mol. The highest BCUT2D eigenvalue weighted by Crippen LogP contribution is 2.32. The maximum atomic E-state index is 10.6. The average Bonchev–Trinajstić information content (AvgIpc) is 2.05. The largest absolute Gasteiger partial charge is 0.481 e. The molecule has 1 rings (SSSR count). The predicted octanol–water partition coefficient (Wildman–Crippen LogP) is 0.639. The molecule has 0 aromatic rings. The van der Waals surface area contributed by atoms with E-state index in [4.69, 9.17) is 9.84 Å². The van der Waals surface area contributed by atoms with Gasteiger partial charge in [0, 0.05) is 7.11 Å². The molecule has 1 aliphatic carbocycles. The minimum absolute atomic E-state index is 0.280. The first kappa shape index (κ1) is 10.5. The number of methoxy groups -OCH3 is 1. The summed E-state index contributed by atoms with van der Waals surface area (Å²) in [5.74, 6) is -1.03. The number of rotatable bonds is 3. The highest BCUT2D eigenvalue weighted by atomic mass is 16.5. The van der Waals surface area contributed by atoms with E-state index in [1.54, 1.807) is 7.11 Å². The fourth-order valence-electron chi connectivity index (χ4n) is 1.82. The Hall–Kier alpha value is -0.610. The number of hydrogen-bond acceptors (Lipinski definition) is 3. The van der Waals surface area contributed by atoms with Crippen molar-refractivity contribution in [2.75, 3.05) is 13.7 Å². The van der Waals surface area contributed by atoms with Gasteiger partial charge in [0.15, 0.2) is 0 Å². The molecule has 0 aliphatic heterocycles. The summed E-state index contributed by atoms with van der Waals surface area (Å²) in [6.45, 7) is 0.305. The minimum Gasteiger partial charge on any atom is -0.481 e. The topological polar surface area (TPSA) is 66.8 Å². The summed E-state index contributed by atoms with van der Waals surface area (Å²) < 4.78 is 4.88. The van der Waals surface area contributed by atoms with Crippen molar-refractivity contribution in [1.82, 2.24) is 0 Å². The molecule has 0 aromatic carbocycles. The summed E-state index contributed by atoms with van der Waals surface area (Å²) in [6.07, 6.45) is 2.15. The summed E-state index contributed by atoms with van der Waals surface area (Å²) >= 11 is 0. The molecule has 0 atom stereocenters. The third-order valence-electron chi connectivity index (χ3n) is 2.68. The van der Waals surface area contributed by atoms with Crippen LogP contribution in [0, 0.1) is 5.92 Å². The second-order valence-electron chi connectivity index (χ2n) is 3.77. The van der Waals surface area contributed by atoms with Gasteiger partial charge < -0.3 is 14.9 Å². The molecule has 1 saturated carbocycles. The number of aliphatic carboxylic acids is 1. The van der Waals surface area contributed by atoms with Crippen molar-refractivity contribution in [1.29, 1.82) is 0 Å². The van der Waals surface area contributed by atoms with Crippen molar-refractivity contribution in [3.8, 4) is 0 Å². The van der Waals surface area contributed by atoms with E-state index < -0.39 is 11.6 Å². The van der Waals surface area contributed by atoms with Gasteiger partial charge in [-0.2, -0.15) is 0 Å². The second-order valence-corrected chi connectivity index (χ2v) is 3.77. The number of hydrogen-bond donors (Lipinski definition) is 2. The molecule has 0 unspecified atom stereocenters. The van der Waals surface area contributed by atoms with Gasteiger partial charge in [0.25, 0.3) is 0 Å². The molecule has 2 N–H and O–H groups in total. The van der Waals surface area contributed by atoms with Gasteiger partial charge in [-0.3, -0.25) is 4.79 Å². The van der Waals surface area contributed by atoms with Crippen molar-refractivity contribution < 1.29 is 19.7 Å². The lowest BCUT2D eigenvalue weighted by molar-refractivity contribution is -0.145. The smallest absolute Gasteiger partial charge is 0.306 e. The lowest BCUT2D eigenvalue weighted by Crippen LogP contribution is -2.39. The monoisotopic (exact) mass is 188 g/mol. The van der Waals surface area contributed by atoms with Crippen LogP contribution < -0.4 is 0 Å². The molecule has 4 heteroatoms. The van der Waals surface area contributed by atoms with Crippen LogP contribution in [0.3, 0.4) is 0 Å². The van der Waals surface area contributed by atoms with Crippen molar-refractivity contribution in [2.45, 2.75) is 31.3 Å². The van der Waals surface area contributed by atoms with Gasteiger partial charge in [-0.15, -0.1) is 0 Å². The van der Waals surface area contributed by atoms with Crippen LogP contribution in [-0.2, 0) is 9.53 Å². The Morgan fingerprint density at radius 1 is 1.54 bits per heavy atom. The number of ether oxygens (including phenoxy) is 1. The standard InChI is InChI=1S/C9H16O4/c1-13-6-9(12)4-2-7(3-5-9)8(10)11/h7,12H,2-6H2,1H3,(H,10,11). The van der Waals surface area contributed by atoms with Crippen LogP contribution >= 0.6 is 0 Å². The van der Waals surface area contributed by atoms with Gasteiger partial charge in [-0.05, 0) is 25.7 Å². The van der Waals surface area contributed by atoms with Crippen molar-refractivity contribution in [3.63, 3.8) is 0 Å². The molecule has 0 amide bonds. The molecule has 0 saturated heterocycles. The zero-order valence-electron chi connectivity index (χ0n) is 7.82. The van der Waals surface area contributed by atoms with Gasteiger partial charge in [-0.1, -0.05) is 0 Å². The fourth-order valence-corrected chi connectivity index (χ4v) is 1.82. The van der Waals surface area contributed by atoms with Crippen LogP contribution in [0.15, 0.2) is 0 Å². The Balaban J connectivity index is 2.41. The van der Waals surface area contributed by atoms with E-state index in [1.165, 1.54) is 0 Å². The second kappa shape index (κ2) is 4.07. The first-order chi connectivity index (χ1) is 6.07. The van der Waals surface area contributed by atoms with E-state index in [9.17, 15) is 9.90 Å². The molecule has 76 valence electrons. The summed E-state index contributed by atoms with van der Waals surface area (Å²) in [5, 5.41) is 18.6. The first-order valence-electron chi connectivity index (χ1n) is 4.51. The van der Waals surface area contributed by atoms with Crippen molar-refractivity contribution >= 4 is 5.97 Å². The third-order valence-corrected chi connectivity index (χ3v) is 2.68. The summed E-state index contributed by atoms with van der Waals surface area (Å²) in [7, 11) is 1.54. The normalized spacial score (nSPS) is 34.5. The SMILES string of the molecule is COCC1(O)CCC(C(=O)O)CC1. The Morgan fingerprint density at radius 2 is 2.08 bits per heavy atom. The van der Waals surface area contributed by atoms with Gasteiger partial charge in [0.05, 0.1) is 18.1 Å². The van der Waals surface area contributed by atoms with Crippen LogP contribution in [-0.4, -0.2) is 35.5 Å². The Bertz CT molecular complexity index is 182. The number of carboxylic acids is 1. The van der Waals surface area contributed by atoms with Crippen molar-refractivity contribution in [3.05, 3.63) is 0 Å². The summed E-state index contributed by atoms with van der Waals surface area (Å²) in [4.78, 5) is 10.6. The summed E-state index contributed by atoms with van der Waals surface area (Å²) in [6, 6.07) is 0. The number of carbonyl (C=O) groups is 1. The van der Waals surface area contributed by atoms with Gasteiger partial charge >= 0.3 is 5.97 Å². The molecule has 0 heterocycles. The Morgan fingerprint density at radius 3 is 2.46 bits per heavy atom. The van der Waals surface area contributed by atoms with Gasteiger partial charge in [0.1, 0.15) is 0 Å². The van der Waals surface area contributed by atoms with E-state index >= 15 is 0 Å². The van der Waals surface area contributed by atoms with Crippen molar-refractivity contribution in [2.24, 2.45) is 5.92 Å². The van der Waals surface area contributed by atoms with E-state index in [0.29, 0.717) is 32.3 Å². The third kappa shape index (κ3) is 2.67. The molecule has 4 nitrogen and oxygen atoms in total. The van der Waals surface area contributed by atoms with Crippen LogP contribution in [0.5, 0.6) is 0 Å². The van der Waals surface area contributed by atoms with E-state index in [-0.39, 0.29) is 5.92 Å². The molecule has 0 bridgehead atoms. The average molecular weight is 188 g/mol. The molecule has 0 radical (unpaired) electrons. The summed E-state index contributed by atoms with van der Waals surface area (Å²) in [5.41, 5.74) is -0.791. The maximum Gasteiger partial charge on any atom is 0.306 e. The number of aliphatic hydroxyl groups is 1. The molecular formula is C9H16O4. The lowest BCUT2D eigenvalue weighted by Gasteiger charge is -2.33. The van der Waals surface area contributed by atoms with E-state index in [2.05, 4.69) is 0 Å². The minimum atomic E-state index is -0.791. The molecule has 0 aromatic heterocycles. The van der Waals surface area contributed by atoms with Crippen LogP contribution in [0.2, 0.25) is 0 Å². The predicted molar refractivity (Wildman–Crippen MR) is 46.4 cm³/mol. The zero-order chi connectivity index (χ0) is 9.90. The Kier molecular flexibility index (Phi) is 3.27. The van der Waals surface area contributed by atoms with Crippen LogP contribution in [0.25, 0.3) is 0 Å². The van der Waals surface area contributed by atoms with Gasteiger partial charge in [-0.25, -0.2) is 0 Å². The molecule has 1 fully saturated rings. The quantitative estimate of drug-likeness (QED) is 0.682. The highest BCUT2D eigenvalue weighted by molar-refractivity contribution is 5.70. The highest BCUT2D eigenvalue weighted by Gasteiger charge is 2.35. The fraction of sp³-hybridized carbons (Fsp3) is 0.889. The first-order valence-corrected chi connectivity index (χ1v) is 4.51. The maximum absolute atomic E-state index is 10.6. The molecule has 0 spiro atoms. The van der Waals surface area contributed by atoms with E-state index in [1.807, 2.05) is 0 Å². The van der Waals surface area contributed by atoms with Crippen LogP contribution in [0.1, 0.15) is 25.7 Å². The van der Waals surface area contributed by atoms with Gasteiger partial charge in [0.2, 0.25) is 0 Å². The Labute approximate surface area is 77.5 Å². The number of carboxylic acid groups (broad SMARTS) is 1. The van der Waals surface area contributed by atoms with Crippen LogP contribution in [0.4, 0.5) is 0 Å². The lowest BCUT2D eigenvalue weighted by atomic mass is 9.79. The molecule has 13 heavy (non-hydrogen) atoms. The molecule has 1 aliphatic rings. The van der Waals surface area contributed by atoms with E-state index in [0.717, 1.165) is 0 Å².